The number of hydrogen-bond acceptors (Lipinski definition) is 7. The van der Waals surface area contributed by atoms with Gasteiger partial charge in [-0.2, -0.15) is 0 Å². The number of rotatable bonds is 3. The molecular weight excluding hydrogens is 412 g/mol. The number of ether oxygens (including phenoxy) is 3. The highest BCUT2D eigenvalue weighted by Crippen LogP contribution is 2.25. The van der Waals surface area contributed by atoms with E-state index in [-0.39, 0.29) is 5.96 Å². The Balaban J connectivity index is 2.41. The molecule has 1 aromatic carbocycles. The SMILES string of the molecule is COc1ccnc(-c2cccc(/N=C(\N)N(C(=O)OC(C)(C)C)C(=O)OC(C)(C)C)c2)c1. The van der Waals surface area contributed by atoms with Crippen LogP contribution in [0.15, 0.2) is 47.6 Å². The number of guanidine groups is 1. The maximum Gasteiger partial charge on any atom is 0.427 e. The van der Waals surface area contributed by atoms with Crippen LogP contribution in [-0.2, 0) is 9.47 Å². The Bertz CT molecular complexity index is 978. The molecule has 0 saturated carbocycles. The number of methoxy groups -OCH3 is 1. The smallest absolute Gasteiger partial charge is 0.427 e. The fourth-order valence-corrected chi connectivity index (χ4v) is 2.49. The van der Waals surface area contributed by atoms with Crippen molar-refractivity contribution in [3.8, 4) is 17.0 Å². The maximum absolute atomic E-state index is 12.7. The molecule has 0 saturated heterocycles. The normalized spacial score (nSPS) is 12.2. The summed E-state index contributed by atoms with van der Waals surface area (Å²) in [7, 11) is 1.57. The first-order valence-electron chi connectivity index (χ1n) is 10.00. The van der Waals surface area contributed by atoms with E-state index in [2.05, 4.69) is 9.98 Å². The number of hydrogen-bond donors (Lipinski definition) is 1. The summed E-state index contributed by atoms with van der Waals surface area (Å²) in [5, 5.41) is 0. The van der Waals surface area contributed by atoms with Crippen LogP contribution in [0.25, 0.3) is 11.3 Å². The van der Waals surface area contributed by atoms with Gasteiger partial charge in [0, 0.05) is 17.8 Å². The molecule has 0 atom stereocenters. The Morgan fingerprint density at radius 2 is 1.56 bits per heavy atom. The second-order valence-electron chi connectivity index (χ2n) is 8.90. The summed E-state index contributed by atoms with van der Waals surface area (Å²) in [5.74, 6) is 0.272. The number of nitrogens with zero attached hydrogens (tertiary/aromatic N) is 3. The number of pyridine rings is 1. The molecule has 32 heavy (non-hydrogen) atoms. The Morgan fingerprint density at radius 3 is 2.09 bits per heavy atom. The van der Waals surface area contributed by atoms with Crippen LogP contribution in [0.4, 0.5) is 15.3 Å². The van der Waals surface area contributed by atoms with Crippen LogP contribution in [0.5, 0.6) is 5.75 Å². The van der Waals surface area contributed by atoms with Crippen molar-refractivity contribution in [1.82, 2.24) is 9.88 Å². The molecule has 1 heterocycles. The standard InChI is InChI=1S/C23H30N4O5/c1-22(2,3)31-20(28)27(21(29)32-23(4,5)6)19(24)26-16-10-8-9-15(13-16)18-14-17(30-7)11-12-25-18/h8-14H,1-7H3,(H2,24,26). The van der Waals surface area contributed by atoms with Gasteiger partial charge in [-0.05, 0) is 59.7 Å². The summed E-state index contributed by atoms with van der Waals surface area (Å²) in [6.07, 6.45) is -0.345. The molecule has 0 fully saturated rings. The van der Waals surface area contributed by atoms with Gasteiger partial charge in [-0.1, -0.05) is 12.1 Å². The number of carbonyl (C=O) groups excluding carboxylic acids is 2. The summed E-state index contributed by atoms with van der Waals surface area (Å²) < 4.78 is 15.9. The first-order chi connectivity index (χ1) is 14.8. The zero-order valence-corrected chi connectivity index (χ0v) is 19.5. The van der Waals surface area contributed by atoms with Crippen LogP contribution in [0.2, 0.25) is 0 Å². The molecule has 1 aromatic heterocycles. The topological polar surface area (TPSA) is 116 Å². The molecule has 0 aliphatic heterocycles. The minimum absolute atomic E-state index is 0.385. The summed E-state index contributed by atoms with van der Waals surface area (Å²) in [6, 6.07) is 10.5. The van der Waals surface area contributed by atoms with Gasteiger partial charge in [0.2, 0.25) is 5.96 Å². The third kappa shape index (κ3) is 7.26. The van der Waals surface area contributed by atoms with Crippen LogP contribution < -0.4 is 10.5 Å². The van der Waals surface area contributed by atoms with Gasteiger partial charge in [0.25, 0.3) is 0 Å². The molecule has 0 unspecified atom stereocenters. The third-order valence-corrected chi connectivity index (χ3v) is 3.73. The number of aliphatic imine (C=N–C) groups is 1. The molecule has 0 spiro atoms. The molecule has 0 radical (unpaired) electrons. The fourth-order valence-electron chi connectivity index (χ4n) is 2.49. The molecule has 2 amide bonds. The van der Waals surface area contributed by atoms with Gasteiger partial charge in [0.15, 0.2) is 0 Å². The maximum atomic E-state index is 12.7. The number of imide groups is 1. The Hall–Kier alpha value is -3.62. The Labute approximate surface area is 188 Å². The summed E-state index contributed by atoms with van der Waals surface area (Å²) in [4.78, 5) is 34.5. The van der Waals surface area contributed by atoms with Gasteiger partial charge in [0.05, 0.1) is 18.5 Å². The highest BCUT2D eigenvalue weighted by molar-refractivity contribution is 6.08. The average Bonchev–Trinajstić information content (AvgIpc) is 2.65. The third-order valence-electron chi connectivity index (χ3n) is 3.73. The van der Waals surface area contributed by atoms with Crippen molar-refractivity contribution in [1.29, 1.82) is 0 Å². The first-order valence-corrected chi connectivity index (χ1v) is 10.00. The first kappa shape index (κ1) is 24.6. The van der Waals surface area contributed by atoms with E-state index in [0.717, 1.165) is 5.56 Å². The van der Waals surface area contributed by atoms with Crippen molar-refractivity contribution in [3.63, 3.8) is 0 Å². The van der Waals surface area contributed by atoms with E-state index < -0.39 is 23.4 Å². The lowest BCUT2D eigenvalue weighted by molar-refractivity contribution is 0.0145. The van der Waals surface area contributed by atoms with Crippen LogP contribution in [0.1, 0.15) is 41.5 Å². The van der Waals surface area contributed by atoms with Crippen molar-refractivity contribution in [2.45, 2.75) is 52.7 Å². The molecule has 2 aromatic rings. The molecule has 2 rings (SSSR count). The van der Waals surface area contributed by atoms with Crippen LogP contribution in [0, 0.1) is 0 Å². The van der Waals surface area contributed by atoms with Crippen molar-refractivity contribution in [3.05, 3.63) is 42.6 Å². The zero-order valence-electron chi connectivity index (χ0n) is 19.5. The molecule has 9 nitrogen and oxygen atoms in total. The van der Waals surface area contributed by atoms with Crippen molar-refractivity contribution >= 4 is 23.8 Å². The lowest BCUT2D eigenvalue weighted by atomic mass is 10.1. The molecule has 0 aliphatic rings. The van der Waals surface area contributed by atoms with Crippen LogP contribution >= 0.6 is 0 Å². The lowest BCUT2D eigenvalue weighted by Crippen LogP contribution is -2.49. The molecule has 9 heteroatoms. The number of nitrogens with two attached hydrogens (primary N) is 1. The highest BCUT2D eigenvalue weighted by atomic mass is 16.6. The quantitative estimate of drug-likeness (QED) is 0.532. The summed E-state index contributed by atoms with van der Waals surface area (Å²) >= 11 is 0. The second kappa shape index (κ2) is 9.67. The van der Waals surface area contributed by atoms with E-state index >= 15 is 0 Å². The zero-order chi connectivity index (χ0) is 24.1. The van der Waals surface area contributed by atoms with Gasteiger partial charge in [-0.25, -0.2) is 14.6 Å². The van der Waals surface area contributed by atoms with Gasteiger partial charge in [-0.3, -0.25) is 4.98 Å². The number of benzene rings is 1. The molecule has 2 N–H and O–H groups in total. The van der Waals surface area contributed by atoms with Crippen molar-refractivity contribution in [2.75, 3.05) is 7.11 Å². The predicted molar refractivity (Wildman–Crippen MR) is 122 cm³/mol. The minimum Gasteiger partial charge on any atom is -0.497 e. The Morgan fingerprint density at radius 1 is 0.969 bits per heavy atom. The molecular formula is C23H30N4O5. The van der Waals surface area contributed by atoms with E-state index in [1.165, 1.54) is 0 Å². The van der Waals surface area contributed by atoms with E-state index in [1.807, 2.05) is 6.07 Å². The molecule has 172 valence electrons. The van der Waals surface area contributed by atoms with Gasteiger partial charge in [0.1, 0.15) is 17.0 Å². The van der Waals surface area contributed by atoms with Crippen molar-refractivity contribution in [2.24, 2.45) is 10.7 Å². The molecule has 0 aliphatic carbocycles. The van der Waals surface area contributed by atoms with Crippen LogP contribution in [0.3, 0.4) is 0 Å². The van der Waals surface area contributed by atoms with E-state index in [4.69, 9.17) is 19.9 Å². The summed E-state index contributed by atoms with van der Waals surface area (Å²) in [6.45, 7) is 10.1. The predicted octanol–water partition coefficient (Wildman–Crippen LogP) is 4.88. The largest absolute Gasteiger partial charge is 0.497 e. The Kier molecular flexibility index (Phi) is 7.45. The van der Waals surface area contributed by atoms with Gasteiger partial charge >= 0.3 is 12.2 Å². The van der Waals surface area contributed by atoms with Crippen molar-refractivity contribution < 1.29 is 23.8 Å². The second-order valence-corrected chi connectivity index (χ2v) is 8.90. The summed E-state index contributed by atoms with van der Waals surface area (Å²) in [5.41, 5.74) is 6.18. The van der Waals surface area contributed by atoms with Gasteiger partial charge in [-0.15, -0.1) is 4.90 Å². The fraction of sp³-hybridized carbons (Fsp3) is 0.391. The molecule has 0 bridgehead atoms. The van der Waals surface area contributed by atoms with E-state index in [9.17, 15) is 9.59 Å². The number of aromatic nitrogens is 1. The van der Waals surface area contributed by atoms with Gasteiger partial charge < -0.3 is 19.9 Å². The minimum atomic E-state index is -0.987. The number of carbonyl (C=O) groups is 2. The lowest BCUT2D eigenvalue weighted by Gasteiger charge is -2.27. The van der Waals surface area contributed by atoms with Crippen LogP contribution in [-0.4, -0.2) is 46.3 Å². The average molecular weight is 443 g/mol. The van der Waals surface area contributed by atoms with E-state index in [0.29, 0.717) is 22.0 Å². The monoisotopic (exact) mass is 442 g/mol. The highest BCUT2D eigenvalue weighted by Gasteiger charge is 2.34. The van der Waals surface area contributed by atoms with E-state index in [1.54, 1.807) is 85.2 Å². The number of amides is 2.